The zero-order valence-corrected chi connectivity index (χ0v) is 23.3. The molecular formula is C28H33N5O4S. The largest absolute Gasteiger partial charge is 0.496 e. The van der Waals surface area contributed by atoms with E-state index in [2.05, 4.69) is 16.4 Å². The third-order valence-corrected chi connectivity index (χ3v) is 7.87. The highest BCUT2D eigenvalue weighted by molar-refractivity contribution is 7.16. The summed E-state index contributed by atoms with van der Waals surface area (Å²) in [6.45, 7) is 9.43. The lowest BCUT2D eigenvalue weighted by atomic mass is 9.95. The highest BCUT2D eigenvalue weighted by Gasteiger charge is 2.28. The number of aryl methyl sites for hydroxylation is 3. The number of aromatic nitrogens is 2. The van der Waals surface area contributed by atoms with Crippen molar-refractivity contribution in [3.63, 3.8) is 0 Å². The van der Waals surface area contributed by atoms with Crippen LogP contribution in [0.25, 0.3) is 0 Å². The fourth-order valence-electron chi connectivity index (χ4n) is 4.79. The van der Waals surface area contributed by atoms with Gasteiger partial charge >= 0.3 is 6.09 Å². The molecule has 0 aliphatic carbocycles. The molecule has 38 heavy (non-hydrogen) atoms. The highest BCUT2D eigenvalue weighted by atomic mass is 32.1. The Kier molecular flexibility index (Phi) is 8.37. The number of nitriles is 1. The summed E-state index contributed by atoms with van der Waals surface area (Å²) < 4.78 is 12.9. The molecule has 3 aromatic rings. The molecule has 3 heterocycles. The third-order valence-electron chi connectivity index (χ3n) is 6.74. The van der Waals surface area contributed by atoms with Crippen LogP contribution in [0.2, 0.25) is 0 Å². The molecule has 0 saturated carbocycles. The van der Waals surface area contributed by atoms with Gasteiger partial charge in [0.1, 0.15) is 29.3 Å². The van der Waals surface area contributed by atoms with Gasteiger partial charge in [-0.15, -0.1) is 11.3 Å². The summed E-state index contributed by atoms with van der Waals surface area (Å²) in [5.41, 5.74) is 4.38. The van der Waals surface area contributed by atoms with Gasteiger partial charge in [0.2, 0.25) is 5.91 Å². The number of hydrogen-bond donors (Lipinski definition) is 1. The van der Waals surface area contributed by atoms with Crippen molar-refractivity contribution in [3.8, 4) is 11.8 Å². The molecule has 0 fully saturated rings. The van der Waals surface area contributed by atoms with Crippen LogP contribution in [-0.4, -0.2) is 46.7 Å². The van der Waals surface area contributed by atoms with E-state index in [0.29, 0.717) is 36.6 Å². The minimum atomic E-state index is -0.386. The van der Waals surface area contributed by atoms with Gasteiger partial charge in [-0.25, -0.2) is 9.78 Å². The van der Waals surface area contributed by atoms with Crippen molar-refractivity contribution in [3.05, 3.63) is 63.0 Å². The highest BCUT2D eigenvalue weighted by Crippen LogP contribution is 2.37. The molecule has 1 N–H and O–H groups in total. The average molecular weight is 536 g/mol. The first-order chi connectivity index (χ1) is 18.2. The van der Waals surface area contributed by atoms with Crippen molar-refractivity contribution in [2.45, 2.75) is 59.5 Å². The Morgan fingerprint density at radius 1 is 1.29 bits per heavy atom. The lowest BCUT2D eigenvalue weighted by molar-refractivity contribution is -0.116. The number of benzene rings is 1. The molecule has 4 rings (SSSR count). The molecule has 0 unspecified atom stereocenters. The monoisotopic (exact) mass is 535 g/mol. The van der Waals surface area contributed by atoms with Gasteiger partial charge in [-0.3, -0.25) is 4.79 Å². The number of thiophene rings is 1. The maximum absolute atomic E-state index is 12.9. The molecule has 2 amide bonds. The second kappa shape index (κ2) is 11.7. The summed E-state index contributed by atoms with van der Waals surface area (Å²) in [6.07, 6.45) is 2.33. The molecule has 0 saturated heterocycles. The Hall–Kier alpha value is -3.84. The van der Waals surface area contributed by atoms with E-state index in [1.165, 1.54) is 11.3 Å². The van der Waals surface area contributed by atoms with Crippen LogP contribution in [0, 0.1) is 32.1 Å². The number of imidazole rings is 1. The first-order valence-corrected chi connectivity index (χ1v) is 13.4. The number of amides is 2. The first kappa shape index (κ1) is 27.2. The number of nitrogens with one attached hydrogen (secondary N) is 1. The van der Waals surface area contributed by atoms with Crippen LogP contribution >= 0.6 is 11.3 Å². The SMILES string of the molecule is COc1ccc(C)cc1[C@@H](C)CC(=O)Nc1sc2c(c1C#N)CCN(C(=O)OCCn1cc(C)nc1C)C2. The minimum Gasteiger partial charge on any atom is -0.496 e. The van der Waals surface area contributed by atoms with E-state index in [4.69, 9.17) is 9.47 Å². The van der Waals surface area contributed by atoms with Crippen LogP contribution in [0.5, 0.6) is 5.75 Å². The molecule has 9 nitrogen and oxygen atoms in total. The van der Waals surface area contributed by atoms with Crippen LogP contribution in [0.1, 0.15) is 57.9 Å². The zero-order valence-electron chi connectivity index (χ0n) is 22.5. The van der Waals surface area contributed by atoms with Gasteiger partial charge in [0, 0.05) is 24.0 Å². The van der Waals surface area contributed by atoms with Crippen molar-refractivity contribution in [2.24, 2.45) is 0 Å². The lowest BCUT2D eigenvalue weighted by Gasteiger charge is -2.26. The number of methoxy groups -OCH3 is 1. The molecule has 1 atom stereocenters. The first-order valence-electron chi connectivity index (χ1n) is 12.6. The van der Waals surface area contributed by atoms with Crippen molar-refractivity contribution in [1.29, 1.82) is 5.26 Å². The van der Waals surface area contributed by atoms with Crippen molar-refractivity contribution < 1.29 is 19.1 Å². The Balaban J connectivity index is 1.37. The van der Waals surface area contributed by atoms with E-state index < -0.39 is 0 Å². The average Bonchev–Trinajstić information content (AvgIpc) is 3.40. The normalized spacial score (nSPS) is 13.4. The fourth-order valence-corrected chi connectivity index (χ4v) is 6.02. The Bertz CT molecular complexity index is 1390. The van der Waals surface area contributed by atoms with Gasteiger partial charge in [0.05, 0.1) is 31.5 Å². The van der Waals surface area contributed by atoms with E-state index in [-0.39, 0.29) is 30.9 Å². The van der Waals surface area contributed by atoms with E-state index in [0.717, 1.165) is 38.8 Å². The molecule has 0 bridgehead atoms. The molecule has 2 aromatic heterocycles. The van der Waals surface area contributed by atoms with Crippen LogP contribution < -0.4 is 10.1 Å². The smallest absolute Gasteiger partial charge is 0.410 e. The van der Waals surface area contributed by atoms with Crippen molar-refractivity contribution in [2.75, 3.05) is 25.6 Å². The maximum atomic E-state index is 12.9. The number of ether oxygens (including phenoxy) is 2. The number of anilines is 1. The number of rotatable bonds is 8. The van der Waals surface area contributed by atoms with Gasteiger partial charge in [-0.2, -0.15) is 5.26 Å². The number of fused-ring (bicyclic) bond motifs is 1. The summed E-state index contributed by atoms with van der Waals surface area (Å²) in [5.74, 6) is 1.40. The number of hydrogen-bond acceptors (Lipinski definition) is 7. The predicted octanol–water partition coefficient (Wildman–Crippen LogP) is 5.08. The van der Waals surface area contributed by atoms with Crippen LogP contribution in [0.3, 0.4) is 0 Å². The quantitative estimate of drug-likeness (QED) is 0.431. The maximum Gasteiger partial charge on any atom is 0.410 e. The van der Waals surface area contributed by atoms with E-state index in [1.807, 2.05) is 56.7 Å². The zero-order chi connectivity index (χ0) is 27.4. The topological polar surface area (TPSA) is 109 Å². The summed E-state index contributed by atoms with van der Waals surface area (Å²) in [6, 6.07) is 8.18. The molecule has 0 radical (unpaired) electrons. The second-order valence-electron chi connectivity index (χ2n) is 9.63. The number of carbonyl (C=O) groups excluding carboxylic acids is 2. The van der Waals surface area contributed by atoms with Crippen LogP contribution in [-0.2, 0) is 29.0 Å². The minimum absolute atomic E-state index is 0.0646. The van der Waals surface area contributed by atoms with Crippen molar-refractivity contribution in [1.82, 2.24) is 14.5 Å². The second-order valence-corrected chi connectivity index (χ2v) is 10.7. The van der Waals surface area contributed by atoms with Gasteiger partial charge in [0.15, 0.2) is 0 Å². The van der Waals surface area contributed by atoms with Crippen LogP contribution in [0.15, 0.2) is 24.4 Å². The number of carbonyl (C=O) groups is 2. The molecule has 1 aromatic carbocycles. The van der Waals surface area contributed by atoms with Crippen LogP contribution in [0.4, 0.5) is 9.80 Å². The van der Waals surface area contributed by atoms with Gasteiger partial charge < -0.3 is 24.3 Å². The summed E-state index contributed by atoms with van der Waals surface area (Å²) in [7, 11) is 1.62. The van der Waals surface area contributed by atoms with Crippen molar-refractivity contribution >= 4 is 28.3 Å². The Labute approximate surface area is 227 Å². The Morgan fingerprint density at radius 3 is 2.76 bits per heavy atom. The Morgan fingerprint density at radius 2 is 2.08 bits per heavy atom. The van der Waals surface area contributed by atoms with E-state index in [1.54, 1.807) is 12.0 Å². The summed E-state index contributed by atoms with van der Waals surface area (Å²) in [5, 5.41) is 13.3. The van der Waals surface area contributed by atoms with Gasteiger partial charge in [-0.1, -0.05) is 24.6 Å². The molecule has 0 spiro atoms. The molecule has 1 aliphatic rings. The van der Waals surface area contributed by atoms with Gasteiger partial charge in [0.25, 0.3) is 0 Å². The van der Waals surface area contributed by atoms with E-state index >= 15 is 0 Å². The summed E-state index contributed by atoms with van der Waals surface area (Å²) >= 11 is 1.35. The number of nitrogens with zero attached hydrogens (tertiary/aromatic N) is 4. The third kappa shape index (κ3) is 6.00. The molecule has 200 valence electrons. The van der Waals surface area contributed by atoms with Gasteiger partial charge in [-0.05, 0) is 50.3 Å². The molecule has 1 aliphatic heterocycles. The standard InChI is InChI=1S/C28H33N5O4S/c1-17-6-7-24(36-5)22(12-17)18(2)13-26(34)31-27-23(14-29)21-8-9-33(16-25(21)38-27)28(35)37-11-10-32-15-19(3)30-20(32)4/h6-7,12,15,18H,8-11,13,16H2,1-5H3,(H,31,34)/t18-/m0/s1. The van der Waals surface area contributed by atoms with E-state index in [9.17, 15) is 14.9 Å². The molecular weight excluding hydrogens is 502 g/mol. The molecule has 10 heteroatoms. The predicted molar refractivity (Wildman–Crippen MR) is 146 cm³/mol. The fraction of sp³-hybridized carbons (Fsp3) is 0.429. The lowest BCUT2D eigenvalue weighted by Crippen LogP contribution is -2.36. The summed E-state index contributed by atoms with van der Waals surface area (Å²) in [4.78, 5) is 32.5.